The van der Waals surface area contributed by atoms with E-state index >= 15 is 0 Å². The van der Waals surface area contributed by atoms with Crippen LogP contribution in [0.15, 0.2) is 53.7 Å². The first kappa shape index (κ1) is 20.0. The Morgan fingerprint density at radius 1 is 1.10 bits per heavy atom. The molecule has 1 N–H and O–H groups in total. The van der Waals surface area contributed by atoms with Crippen LogP contribution in [-0.2, 0) is 14.3 Å². The zero-order chi connectivity index (χ0) is 21.3. The first-order valence-corrected chi connectivity index (χ1v) is 9.81. The third-order valence-corrected chi connectivity index (χ3v) is 5.41. The van der Waals surface area contributed by atoms with Gasteiger partial charge in [0.25, 0.3) is 0 Å². The monoisotopic (exact) mass is 407 g/mol. The van der Waals surface area contributed by atoms with E-state index in [0.29, 0.717) is 23.8 Å². The molecule has 7 heteroatoms. The van der Waals surface area contributed by atoms with E-state index in [4.69, 9.17) is 19.2 Å². The van der Waals surface area contributed by atoms with Crippen molar-refractivity contribution in [3.05, 3.63) is 64.9 Å². The summed E-state index contributed by atoms with van der Waals surface area (Å²) in [6.45, 7) is 4.40. The van der Waals surface area contributed by atoms with Gasteiger partial charge in [0, 0.05) is 12.8 Å². The topological polar surface area (TPSA) is 74.6 Å². The fourth-order valence-electron chi connectivity index (χ4n) is 3.97. The summed E-state index contributed by atoms with van der Waals surface area (Å²) in [6, 6.07) is 13.3. The lowest BCUT2D eigenvalue weighted by Crippen LogP contribution is -2.30. The second-order valence-corrected chi connectivity index (χ2v) is 7.16. The number of hydrogen-bond donors (Lipinski definition) is 1. The van der Waals surface area contributed by atoms with Gasteiger partial charge in [-0.3, -0.25) is 4.57 Å². The minimum absolute atomic E-state index is 0.188. The molecular weight excluding hydrogens is 382 g/mol. The quantitative estimate of drug-likeness (QED) is 0.494. The molecule has 30 heavy (non-hydrogen) atoms. The molecule has 0 saturated carbocycles. The van der Waals surface area contributed by atoms with Crippen molar-refractivity contribution in [2.24, 2.45) is 0 Å². The number of anilines is 1. The number of nitrogens with zero attached hydrogens (tertiary/aromatic N) is 2. The molecule has 1 aliphatic heterocycles. The highest BCUT2D eigenvalue weighted by Gasteiger charge is 2.36. The summed E-state index contributed by atoms with van der Waals surface area (Å²) in [5.41, 5.74) is 4.96. The van der Waals surface area contributed by atoms with Crippen LogP contribution in [0.5, 0.6) is 5.75 Å². The average Bonchev–Trinajstić information content (AvgIpc) is 3.11. The molecule has 1 aliphatic rings. The lowest BCUT2D eigenvalue weighted by molar-refractivity contribution is -0.140. The van der Waals surface area contributed by atoms with Gasteiger partial charge < -0.3 is 19.5 Å². The zero-order valence-corrected chi connectivity index (χ0v) is 17.6. The van der Waals surface area contributed by atoms with Crippen LogP contribution in [0.4, 0.5) is 5.95 Å². The molecule has 0 aliphatic carbocycles. The van der Waals surface area contributed by atoms with Gasteiger partial charge in [0.15, 0.2) is 0 Å². The third-order valence-electron chi connectivity index (χ3n) is 5.41. The van der Waals surface area contributed by atoms with Gasteiger partial charge in [-0.1, -0.05) is 24.3 Å². The maximum absolute atomic E-state index is 13.2. The van der Waals surface area contributed by atoms with E-state index in [-0.39, 0.29) is 12.6 Å². The molecule has 1 aromatic heterocycles. The van der Waals surface area contributed by atoms with E-state index in [1.165, 1.54) is 0 Å². The number of hydrogen-bond acceptors (Lipinski definition) is 6. The summed E-state index contributed by atoms with van der Waals surface area (Å²) in [6.07, 6.45) is 0. The first-order chi connectivity index (χ1) is 14.6. The molecule has 3 aromatic rings. The highest BCUT2D eigenvalue weighted by Crippen LogP contribution is 2.41. The van der Waals surface area contributed by atoms with Crippen LogP contribution >= 0.6 is 0 Å². The molecule has 0 unspecified atom stereocenters. The zero-order valence-electron chi connectivity index (χ0n) is 17.6. The van der Waals surface area contributed by atoms with Crippen LogP contribution in [0.1, 0.15) is 24.1 Å². The first-order valence-electron chi connectivity index (χ1n) is 9.81. The molecule has 156 valence electrons. The van der Waals surface area contributed by atoms with Gasteiger partial charge in [-0.2, -0.15) is 0 Å². The normalized spacial score (nSPS) is 15.7. The van der Waals surface area contributed by atoms with Crippen molar-refractivity contribution >= 4 is 23.0 Å². The number of carbonyl (C=O) groups is 1. The van der Waals surface area contributed by atoms with E-state index in [2.05, 4.69) is 9.88 Å². The highest BCUT2D eigenvalue weighted by atomic mass is 16.6. The molecular formula is C23H25N3O4. The maximum Gasteiger partial charge on any atom is 0.338 e. The molecule has 1 atom stereocenters. The second kappa shape index (κ2) is 8.20. The fraction of sp³-hybridized carbons (Fsp3) is 0.304. The van der Waals surface area contributed by atoms with Crippen LogP contribution in [0.2, 0.25) is 0 Å². The standard InChI is InChI=1S/C23H25N3O4/c1-14-16(8-7-11-19(14)29-4)21-20(22(27)30-13-12-28-3)15(2)24-23-25-17-9-5-6-10-18(17)26(21)23/h5-11,21H,12-13H2,1-4H3,(H,24,25)/t21-/m1/s1. The Balaban J connectivity index is 1.92. The number of imidazole rings is 1. The number of aromatic nitrogens is 2. The number of fused-ring (bicyclic) bond motifs is 3. The summed E-state index contributed by atoms with van der Waals surface area (Å²) in [5.74, 6) is 1.07. The van der Waals surface area contributed by atoms with Crippen molar-refractivity contribution in [3.8, 4) is 5.75 Å². The van der Waals surface area contributed by atoms with Crippen molar-refractivity contribution < 1.29 is 19.0 Å². The molecule has 0 amide bonds. The lowest BCUT2D eigenvalue weighted by Gasteiger charge is -2.31. The summed E-state index contributed by atoms with van der Waals surface area (Å²) in [7, 11) is 3.22. The summed E-state index contributed by atoms with van der Waals surface area (Å²) < 4.78 is 18.1. The van der Waals surface area contributed by atoms with Crippen LogP contribution in [-0.4, -0.2) is 43.0 Å². The molecule has 0 saturated heterocycles. The predicted octanol–water partition coefficient (Wildman–Crippen LogP) is 3.83. The fourth-order valence-corrected chi connectivity index (χ4v) is 3.97. The minimum Gasteiger partial charge on any atom is -0.496 e. The van der Waals surface area contributed by atoms with Gasteiger partial charge >= 0.3 is 5.97 Å². The van der Waals surface area contributed by atoms with Crippen molar-refractivity contribution in [1.29, 1.82) is 0 Å². The van der Waals surface area contributed by atoms with Crippen LogP contribution in [0.25, 0.3) is 11.0 Å². The van der Waals surface area contributed by atoms with E-state index in [1.54, 1.807) is 14.2 Å². The number of carbonyl (C=O) groups excluding carboxylic acids is 1. The van der Waals surface area contributed by atoms with Crippen LogP contribution in [0.3, 0.4) is 0 Å². The molecule has 2 aromatic carbocycles. The summed E-state index contributed by atoms with van der Waals surface area (Å²) in [4.78, 5) is 17.9. The predicted molar refractivity (Wildman–Crippen MR) is 115 cm³/mol. The van der Waals surface area contributed by atoms with E-state index in [0.717, 1.165) is 27.9 Å². The van der Waals surface area contributed by atoms with Gasteiger partial charge in [-0.05, 0) is 43.2 Å². The van der Waals surface area contributed by atoms with Crippen molar-refractivity contribution in [3.63, 3.8) is 0 Å². The van der Waals surface area contributed by atoms with Crippen molar-refractivity contribution in [2.75, 3.05) is 32.8 Å². The van der Waals surface area contributed by atoms with E-state index in [1.807, 2.05) is 56.3 Å². The molecule has 0 bridgehead atoms. The number of benzene rings is 2. The molecule has 0 spiro atoms. The Bertz CT molecular complexity index is 1130. The molecule has 0 radical (unpaired) electrons. The van der Waals surface area contributed by atoms with Gasteiger partial charge in [0.05, 0.1) is 36.4 Å². The van der Waals surface area contributed by atoms with Gasteiger partial charge in [-0.15, -0.1) is 0 Å². The Morgan fingerprint density at radius 2 is 1.90 bits per heavy atom. The number of para-hydroxylation sites is 2. The number of nitrogens with one attached hydrogen (secondary N) is 1. The summed E-state index contributed by atoms with van der Waals surface area (Å²) >= 11 is 0. The molecule has 2 heterocycles. The van der Waals surface area contributed by atoms with Crippen LogP contribution < -0.4 is 10.1 Å². The van der Waals surface area contributed by atoms with E-state index in [9.17, 15) is 4.79 Å². The molecule has 4 rings (SSSR count). The Kier molecular flexibility index (Phi) is 5.46. The Hall–Kier alpha value is -3.32. The number of allylic oxidation sites excluding steroid dienone is 1. The third kappa shape index (κ3) is 3.31. The highest BCUT2D eigenvalue weighted by molar-refractivity contribution is 5.94. The Labute approximate surface area is 175 Å². The molecule has 7 nitrogen and oxygen atoms in total. The average molecular weight is 407 g/mol. The lowest BCUT2D eigenvalue weighted by atomic mass is 9.91. The molecule has 0 fully saturated rings. The van der Waals surface area contributed by atoms with Crippen LogP contribution in [0, 0.1) is 6.92 Å². The SMILES string of the molecule is COCCOC(=O)C1=C(C)Nc2nc3ccccc3n2[C@@H]1c1cccc(OC)c1C. The largest absolute Gasteiger partial charge is 0.496 e. The van der Waals surface area contributed by atoms with Gasteiger partial charge in [-0.25, -0.2) is 9.78 Å². The summed E-state index contributed by atoms with van der Waals surface area (Å²) in [5, 5.41) is 3.29. The maximum atomic E-state index is 13.2. The smallest absolute Gasteiger partial charge is 0.338 e. The van der Waals surface area contributed by atoms with Crippen molar-refractivity contribution in [2.45, 2.75) is 19.9 Å². The van der Waals surface area contributed by atoms with Crippen molar-refractivity contribution in [1.82, 2.24) is 9.55 Å². The Morgan fingerprint density at radius 3 is 2.67 bits per heavy atom. The minimum atomic E-state index is -0.404. The second-order valence-electron chi connectivity index (χ2n) is 7.16. The number of methoxy groups -OCH3 is 2. The number of ether oxygens (including phenoxy) is 3. The van der Waals surface area contributed by atoms with Gasteiger partial charge in [0.2, 0.25) is 5.95 Å². The van der Waals surface area contributed by atoms with Gasteiger partial charge in [0.1, 0.15) is 12.4 Å². The number of esters is 1. The number of rotatable bonds is 6. The van der Waals surface area contributed by atoms with E-state index < -0.39 is 6.04 Å².